The minimum Gasteiger partial charge on any atom is -0.298 e. The molecular formula is C8H15FN. The van der Waals surface area contributed by atoms with Crippen molar-refractivity contribution in [3.05, 3.63) is 6.17 Å². The molecule has 0 aromatic rings. The molecule has 0 saturated carbocycles. The van der Waals surface area contributed by atoms with Gasteiger partial charge < -0.3 is 0 Å². The highest BCUT2D eigenvalue weighted by atomic mass is 19.1. The van der Waals surface area contributed by atoms with Crippen LogP contribution in [0.3, 0.4) is 0 Å². The predicted octanol–water partition coefficient (Wildman–Crippen LogP) is 1.99. The van der Waals surface area contributed by atoms with Gasteiger partial charge in [0.2, 0.25) is 0 Å². The van der Waals surface area contributed by atoms with Crippen molar-refractivity contribution in [1.29, 1.82) is 0 Å². The van der Waals surface area contributed by atoms with Gasteiger partial charge in [0, 0.05) is 12.6 Å². The van der Waals surface area contributed by atoms with Gasteiger partial charge in [0.05, 0.1) is 0 Å². The van der Waals surface area contributed by atoms with Crippen LogP contribution in [0.1, 0.15) is 26.7 Å². The second-order valence-corrected chi connectivity index (χ2v) is 3.19. The molecule has 1 saturated heterocycles. The first-order valence-corrected chi connectivity index (χ1v) is 3.94. The minimum absolute atomic E-state index is 0.153. The molecule has 1 aliphatic rings. The monoisotopic (exact) mass is 144 g/mol. The molecule has 1 fully saturated rings. The van der Waals surface area contributed by atoms with Crippen LogP contribution in [-0.4, -0.2) is 24.0 Å². The summed E-state index contributed by atoms with van der Waals surface area (Å²) in [5.41, 5.74) is 0. The highest BCUT2D eigenvalue weighted by Crippen LogP contribution is 2.20. The maximum Gasteiger partial charge on any atom is 0.158 e. The number of hydrogen-bond acceptors (Lipinski definition) is 1. The molecule has 0 N–H and O–H groups in total. The van der Waals surface area contributed by atoms with Crippen LogP contribution in [0, 0.1) is 6.17 Å². The third-order valence-electron chi connectivity index (χ3n) is 2.00. The van der Waals surface area contributed by atoms with Gasteiger partial charge in [-0.05, 0) is 33.2 Å². The average Bonchev–Trinajstić information content (AvgIpc) is 1.88. The molecule has 1 aliphatic heterocycles. The Bertz CT molecular complexity index is 103. The van der Waals surface area contributed by atoms with Crippen LogP contribution < -0.4 is 0 Å². The lowest BCUT2D eigenvalue weighted by Gasteiger charge is -2.31. The largest absolute Gasteiger partial charge is 0.298 e. The first kappa shape index (κ1) is 7.99. The zero-order chi connectivity index (χ0) is 7.56. The maximum absolute atomic E-state index is 12.7. The summed E-state index contributed by atoms with van der Waals surface area (Å²) in [5, 5.41) is 0. The van der Waals surface area contributed by atoms with Crippen molar-refractivity contribution in [3.8, 4) is 0 Å². The van der Waals surface area contributed by atoms with Crippen LogP contribution in [0.4, 0.5) is 4.39 Å². The number of hydrogen-bond donors (Lipinski definition) is 0. The van der Waals surface area contributed by atoms with Gasteiger partial charge in [0.1, 0.15) is 0 Å². The summed E-state index contributed by atoms with van der Waals surface area (Å²) in [7, 11) is 0. The molecule has 0 bridgehead atoms. The third-order valence-corrected chi connectivity index (χ3v) is 2.00. The molecule has 0 atom stereocenters. The van der Waals surface area contributed by atoms with Gasteiger partial charge in [-0.25, -0.2) is 4.39 Å². The van der Waals surface area contributed by atoms with Gasteiger partial charge in [0.15, 0.2) is 6.17 Å². The molecule has 0 amide bonds. The summed E-state index contributed by atoms with van der Waals surface area (Å²) < 4.78 is 12.7. The van der Waals surface area contributed by atoms with E-state index in [-0.39, 0.29) is 6.17 Å². The summed E-state index contributed by atoms with van der Waals surface area (Å²) in [5.74, 6) is 0. The van der Waals surface area contributed by atoms with Crippen molar-refractivity contribution in [2.24, 2.45) is 0 Å². The van der Waals surface area contributed by atoms with E-state index in [1.54, 1.807) is 0 Å². The first-order chi connectivity index (χ1) is 4.70. The van der Waals surface area contributed by atoms with E-state index in [2.05, 4.69) is 18.7 Å². The Kier molecular flexibility index (Phi) is 2.66. The normalized spacial score (nSPS) is 24.0. The van der Waals surface area contributed by atoms with E-state index in [1.807, 2.05) is 0 Å². The lowest BCUT2D eigenvalue weighted by molar-refractivity contribution is 0.163. The highest BCUT2D eigenvalue weighted by Gasteiger charge is 2.21. The zero-order valence-electron chi connectivity index (χ0n) is 6.73. The molecule has 1 rings (SSSR count). The lowest BCUT2D eigenvalue weighted by atomic mass is 10.1. The summed E-state index contributed by atoms with van der Waals surface area (Å²) >= 11 is 0. The molecule has 2 heteroatoms. The molecule has 1 heterocycles. The topological polar surface area (TPSA) is 3.24 Å². The van der Waals surface area contributed by atoms with E-state index in [0.717, 1.165) is 13.0 Å². The Labute approximate surface area is 62.2 Å². The third kappa shape index (κ3) is 1.94. The van der Waals surface area contributed by atoms with Gasteiger partial charge in [-0.3, -0.25) is 4.90 Å². The summed E-state index contributed by atoms with van der Waals surface area (Å²) in [4.78, 5) is 2.17. The molecule has 0 aromatic carbocycles. The number of halogens is 1. The first-order valence-electron chi connectivity index (χ1n) is 3.94. The van der Waals surface area contributed by atoms with Gasteiger partial charge >= 0.3 is 0 Å². The van der Waals surface area contributed by atoms with Crippen LogP contribution in [0.25, 0.3) is 0 Å². The van der Waals surface area contributed by atoms with Gasteiger partial charge in [-0.2, -0.15) is 0 Å². The SMILES string of the molecule is CC(C)N1CCC[C](F)C1. The quantitative estimate of drug-likeness (QED) is 0.544. The van der Waals surface area contributed by atoms with Crippen molar-refractivity contribution in [1.82, 2.24) is 4.90 Å². The fourth-order valence-corrected chi connectivity index (χ4v) is 1.29. The van der Waals surface area contributed by atoms with Crippen molar-refractivity contribution in [2.75, 3.05) is 13.1 Å². The molecule has 1 nitrogen and oxygen atoms in total. The van der Waals surface area contributed by atoms with E-state index in [4.69, 9.17) is 0 Å². The molecule has 1 radical (unpaired) electrons. The highest BCUT2D eigenvalue weighted by molar-refractivity contribution is 4.87. The lowest BCUT2D eigenvalue weighted by Crippen LogP contribution is -2.37. The Hall–Kier alpha value is -0.110. The smallest absolute Gasteiger partial charge is 0.158 e. The van der Waals surface area contributed by atoms with Crippen molar-refractivity contribution in [2.45, 2.75) is 32.7 Å². The van der Waals surface area contributed by atoms with Crippen molar-refractivity contribution >= 4 is 0 Å². The van der Waals surface area contributed by atoms with Crippen LogP contribution in [0.2, 0.25) is 0 Å². The Morgan fingerprint density at radius 1 is 1.50 bits per heavy atom. The van der Waals surface area contributed by atoms with E-state index in [9.17, 15) is 4.39 Å². The number of nitrogens with zero attached hydrogens (tertiary/aromatic N) is 1. The molecule has 0 aromatic heterocycles. The fourth-order valence-electron chi connectivity index (χ4n) is 1.29. The molecule has 0 aliphatic carbocycles. The van der Waals surface area contributed by atoms with E-state index >= 15 is 0 Å². The van der Waals surface area contributed by atoms with Crippen molar-refractivity contribution < 1.29 is 4.39 Å². The van der Waals surface area contributed by atoms with Gasteiger partial charge in [-0.15, -0.1) is 0 Å². The minimum atomic E-state index is 0.153. The second kappa shape index (κ2) is 3.33. The van der Waals surface area contributed by atoms with Gasteiger partial charge in [0.25, 0.3) is 0 Å². The molecule has 0 unspecified atom stereocenters. The molecule has 10 heavy (non-hydrogen) atoms. The number of likely N-dealkylation sites (tertiary alicyclic amines) is 1. The van der Waals surface area contributed by atoms with Crippen LogP contribution in [0.5, 0.6) is 0 Å². The van der Waals surface area contributed by atoms with E-state index in [0.29, 0.717) is 19.0 Å². The van der Waals surface area contributed by atoms with Crippen LogP contribution >= 0.6 is 0 Å². The summed E-state index contributed by atoms with van der Waals surface area (Å²) in [6.07, 6.45) is 1.83. The molecular weight excluding hydrogens is 129 g/mol. The molecule has 59 valence electrons. The Morgan fingerprint density at radius 3 is 2.60 bits per heavy atom. The number of rotatable bonds is 1. The van der Waals surface area contributed by atoms with Crippen LogP contribution in [0.15, 0.2) is 0 Å². The second-order valence-electron chi connectivity index (χ2n) is 3.19. The summed E-state index contributed by atoms with van der Waals surface area (Å²) in [6.45, 7) is 5.85. The number of piperidine rings is 1. The average molecular weight is 144 g/mol. The Morgan fingerprint density at radius 2 is 2.20 bits per heavy atom. The predicted molar refractivity (Wildman–Crippen MR) is 40.3 cm³/mol. The Balaban J connectivity index is 2.32. The van der Waals surface area contributed by atoms with Gasteiger partial charge in [-0.1, -0.05) is 0 Å². The van der Waals surface area contributed by atoms with E-state index < -0.39 is 0 Å². The summed E-state index contributed by atoms with van der Waals surface area (Å²) in [6, 6.07) is 0.492. The maximum atomic E-state index is 12.7. The van der Waals surface area contributed by atoms with Crippen LogP contribution in [-0.2, 0) is 0 Å². The van der Waals surface area contributed by atoms with Crippen molar-refractivity contribution in [3.63, 3.8) is 0 Å². The molecule has 0 spiro atoms. The standard InChI is InChI=1S/C8H15FN/c1-7(2)10-5-3-4-8(9)6-10/h7H,3-6H2,1-2H3. The fraction of sp³-hybridized carbons (Fsp3) is 0.875. The zero-order valence-corrected chi connectivity index (χ0v) is 6.73. The van der Waals surface area contributed by atoms with E-state index in [1.165, 1.54) is 0 Å².